The number of carbonyl (C=O) groups is 1. The summed E-state index contributed by atoms with van der Waals surface area (Å²) in [6.07, 6.45) is 3.99. The molecule has 124 valence electrons. The molecule has 1 heterocycles. The summed E-state index contributed by atoms with van der Waals surface area (Å²) in [5, 5.41) is 2.96. The number of methoxy groups -OCH3 is 1. The Bertz CT molecular complexity index is 776. The molecule has 0 aromatic heterocycles. The first-order valence-corrected chi connectivity index (χ1v) is 8.70. The van der Waals surface area contributed by atoms with Crippen LogP contribution in [0.15, 0.2) is 53.4 Å². The third-order valence-corrected chi connectivity index (χ3v) is 5.00. The van der Waals surface area contributed by atoms with Gasteiger partial charge in [0.05, 0.1) is 13.2 Å². The van der Waals surface area contributed by atoms with Crippen LogP contribution < -0.4 is 10.1 Å². The van der Waals surface area contributed by atoms with Crippen LogP contribution in [0.3, 0.4) is 0 Å². The van der Waals surface area contributed by atoms with Gasteiger partial charge in [-0.2, -0.15) is 0 Å². The fourth-order valence-electron chi connectivity index (χ4n) is 2.70. The van der Waals surface area contributed by atoms with E-state index < -0.39 is 0 Å². The number of thioether (sulfide) groups is 1. The first kappa shape index (κ1) is 16.6. The van der Waals surface area contributed by atoms with Gasteiger partial charge >= 0.3 is 0 Å². The van der Waals surface area contributed by atoms with Gasteiger partial charge in [0.1, 0.15) is 11.6 Å². The van der Waals surface area contributed by atoms with Crippen LogP contribution in [0.2, 0.25) is 0 Å². The van der Waals surface area contributed by atoms with E-state index in [1.807, 2.05) is 24.3 Å². The van der Waals surface area contributed by atoms with Gasteiger partial charge in [-0.15, -0.1) is 11.8 Å². The number of amides is 1. The summed E-state index contributed by atoms with van der Waals surface area (Å²) in [7, 11) is 1.60. The number of hydrogen-bond acceptors (Lipinski definition) is 3. The lowest BCUT2D eigenvalue weighted by Gasteiger charge is -2.25. The van der Waals surface area contributed by atoms with E-state index in [4.69, 9.17) is 4.74 Å². The van der Waals surface area contributed by atoms with Crippen LogP contribution in [0.25, 0.3) is 6.08 Å². The Labute approximate surface area is 144 Å². The fourth-order valence-corrected chi connectivity index (χ4v) is 3.81. The molecule has 0 bridgehead atoms. The molecule has 0 radical (unpaired) electrons. The van der Waals surface area contributed by atoms with Gasteiger partial charge in [0, 0.05) is 22.3 Å². The Morgan fingerprint density at radius 3 is 3.00 bits per heavy atom. The third kappa shape index (κ3) is 3.79. The number of benzene rings is 2. The minimum atomic E-state index is -0.278. The number of carbonyl (C=O) groups excluding carboxylic acids is 1. The zero-order chi connectivity index (χ0) is 16.9. The molecule has 0 spiro atoms. The Morgan fingerprint density at radius 2 is 2.17 bits per heavy atom. The maximum absolute atomic E-state index is 13.5. The first-order valence-electron chi connectivity index (χ1n) is 7.71. The molecule has 3 rings (SSSR count). The van der Waals surface area contributed by atoms with Crippen molar-refractivity contribution in [3.8, 4) is 5.75 Å². The highest BCUT2D eigenvalue weighted by molar-refractivity contribution is 7.99. The van der Waals surface area contributed by atoms with E-state index in [0.29, 0.717) is 5.75 Å². The largest absolute Gasteiger partial charge is 0.496 e. The second-order valence-electron chi connectivity index (χ2n) is 5.46. The fraction of sp³-hybridized carbons (Fsp3) is 0.211. The topological polar surface area (TPSA) is 38.3 Å². The number of hydrogen-bond donors (Lipinski definition) is 1. The molecule has 1 amide bonds. The first-order chi connectivity index (χ1) is 11.7. The Balaban J connectivity index is 1.72. The molecule has 1 atom stereocenters. The van der Waals surface area contributed by atoms with Crippen LogP contribution in [-0.4, -0.2) is 18.8 Å². The van der Waals surface area contributed by atoms with Crippen molar-refractivity contribution in [3.63, 3.8) is 0 Å². The molecular weight excluding hydrogens is 325 g/mol. The van der Waals surface area contributed by atoms with Crippen molar-refractivity contribution >= 4 is 23.7 Å². The normalized spacial score (nSPS) is 16.7. The monoisotopic (exact) mass is 343 g/mol. The second-order valence-corrected chi connectivity index (χ2v) is 6.59. The van der Waals surface area contributed by atoms with E-state index >= 15 is 0 Å². The maximum atomic E-state index is 13.5. The van der Waals surface area contributed by atoms with Gasteiger partial charge < -0.3 is 10.1 Å². The minimum absolute atomic E-state index is 0.160. The van der Waals surface area contributed by atoms with E-state index in [9.17, 15) is 9.18 Å². The highest BCUT2D eigenvalue weighted by Crippen LogP contribution is 2.36. The molecule has 3 nitrogen and oxygen atoms in total. The van der Waals surface area contributed by atoms with Crippen LogP contribution >= 0.6 is 11.8 Å². The number of rotatable bonds is 4. The lowest BCUT2D eigenvalue weighted by atomic mass is 10.0. The highest BCUT2D eigenvalue weighted by atomic mass is 32.2. The highest BCUT2D eigenvalue weighted by Gasteiger charge is 2.22. The molecular formula is C19H18FNO2S. The lowest BCUT2D eigenvalue weighted by molar-refractivity contribution is -0.117. The van der Waals surface area contributed by atoms with Gasteiger partial charge in [-0.25, -0.2) is 4.39 Å². The van der Waals surface area contributed by atoms with Gasteiger partial charge in [-0.3, -0.25) is 4.79 Å². The van der Waals surface area contributed by atoms with Crippen LogP contribution in [-0.2, 0) is 4.79 Å². The molecule has 1 aliphatic heterocycles. The van der Waals surface area contributed by atoms with Crippen molar-refractivity contribution < 1.29 is 13.9 Å². The Hall–Kier alpha value is -2.27. The number of halogens is 1. The number of fused-ring (bicyclic) bond motifs is 1. The molecule has 1 aliphatic rings. The van der Waals surface area contributed by atoms with Gasteiger partial charge in [-0.1, -0.05) is 18.2 Å². The van der Waals surface area contributed by atoms with Crippen molar-refractivity contribution in [2.24, 2.45) is 0 Å². The summed E-state index contributed by atoms with van der Waals surface area (Å²) in [5.41, 5.74) is 1.69. The quantitative estimate of drug-likeness (QED) is 0.846. The summed E-state index contributed by atoms with van der Waals surface area (Å²) in [6.45, 7) is 0. The van der Waals surface area contributed by atoms with Gasteiger partial charge in [-0.05, 0) is 42.3 Å². The minimum Gasteiger partial charge on any atom is -0.496 e. The standard InChI is InChI=1S/C19H18FNO2S/c1-23-17-5-3-2-4-13(17)6-9-19(22)21-16-10-11-24-18-8-7-14(20)12-15(16)18/h2-9,12,16H,10-11H2,1H3,(H,21,22)/b9-6+. The smallest absolute Gasteiger partial charge is 0.244 e. The zero-order valence-corrected chi connectivity index (χ0v) is 14.1. The molecule has 2 aromatic carbocycles. The third-order valence-electron chi connectivity index (χ3n) is 3.88. The van der Waals surface area contributed by atoms with Crippen molar-refractivity contribution in [1.82, 2.24) is 5.32 Å². The second kappa shape index (κ2) is 7.53. The van der Waals surface area contributed by atoms with E-state index in [1.165, 1.54) is 18.2 Å². The Morgan fingerprint density at radius 1 is 1.33 bits per heavy atom. The molecule has 24 heavy (non-hydrogen) atoms. The maximum Gasteiger partial charge on any atom is 0.244 e. The number of nitrogens with one attached hydrogen (secondary N) is 1. The molecule has 0 saturated carbocycles. The van der Waals surface area contributed by atoms with Crippen LogP contribution in [0, 0.1) is 5.82 Å². The molecule has 1 unspecified atom stereocenters. The SMILES string of the molecule is COc1ccccc1/C=C/C(=O)NC1CCSc2ccc(F)cc21. The lowest BCUT2D eigenvalue weighted by Crippen LogP contribution is -2.29. The van der Waals surface area contributed by atoms with Crippen molar-refractivity contribution in [2.75, 3.05) is 12.9 Å². The Kier molecular flexibility index (Phi) is 5.20. The van der Waals surface area contributed by atoms with Gasteiger partial charge in [0.15, 0.2) is 0 Å². The predicted molar refractivity (Wildman–Crippen MR) is 94.7 cm³/mol. The average Bonchev–Trinajstić information content (AvgIpc) is 2.60. The zero-order valence-electron chi connectivity index (χ0n) is 13.3. The summed E-state index contributed by atoms with van der Waals surface area (Å²) in [5.74, 6) is 1.14. The number of ether oxygens (including phenoxy) is 1. The van der Waals surface area contributed by atoms with Crippen molar-refractivity contribution in [3.05, 3.63) is 65.5 Å². The molecule has 1 N–H and O–H groups in total. The summed E-state index contributed by atoms with van der Waals surface area (Å²) in [4.78, 5) is 13.3. The molecule has 5 heteroatoms. The summed E-state index contributed by atoms with van der Waals surface area (Å²) < 4.78 is 18.8. The summed E-state index contributed by atoms with van der Waals surface area (Å²) in [6, 6.07) is 12.1. The van der Waals surface area contributed by atoms with Crippen LogP contribution in [0.5, 0.6) is 5.75 Å². The average molecular weight is 343 g/mol. The summed E-state index contributed by atoms with van der Waals surface area (Å²) >= 11 is 1.69. The van der Waals surface area contributed by atoms with Crippen molar-refractivity contribution in [2.45, 2.75) is 17.4 Å². The molecule has 0 saturated heterocycles. The van der Waals surface area contributed by atoms with E-state index in [0.717, 1.165) is 28.2 Å². The van der Waals surface area contributed by atoms with Crippen molar-refractivity contribution in [1.29, 1.82) is 0 Å². The number of para-hydroxylation sites is 1. The van der Waals surface area contributed by atoms with E-state index in [1.54, 1.807) is 31.0 Å². The molecule has 2 aromatic rings. The van der Waals surface area contributed by atoms with E-state index in [-0.39, 0.29) is 17.8 Å². The molecule has 0 aliphatic carbocycles. The van der Waals surface area contributed by atoms with Gasteiger partial charge in [0.2, 0.25) is 5.91 Å². The van der Waals surface area contributed by atoms with E-state index in [2.05, 4.69) is 5.32 Å². The van der Waals surface area contributed by atoms with Gasteiger partial charge in [0.25, 0.3) is 0 Å². The predicted octanol–water partition coefficient (Wildman–Crippen LogP) is 4.20. The van der Waals surface area contributed by atoms with Crippen LogP contribution in [0.4, 0.5) is 4.39 Å². The molecule has 0 fully saturated rings. The van der Waals surface area contributed by atoms with Crippen LogP contribution in [0.1, 0.15) is 23.6 Å².